The molecule has 1 aromatic heterocycles. The summed E-state index contributed by atoms with van der Waals surface area (Å²) in [7, 11) is 0. The number of hydrogen-bond acceptors (Lipinski definition) is 3. The van der Waals surface area contributed by atoms with E-state index in [2.05, 4.69) is 5.16 Å². The van der Waals surface area contributed by atoms with E-state index in [0.717, 1.165) is 10.9 Å². The molecule has 3 nitrogen and oxygen atoms in total. The molecule has 0 aliphatic rings. The Morgan fingerprint density at radius 3 is 2.82 bits per heavy atom. The van der Waals surface area contributed by atoms with Gasteiger partial charge >= 0.3 is 0 Å². The molecule has 0 fully saturated rings. The lowest BCUT2D eigenvalue weighted by atomic mass is 10.1. The molecule has 0 bridgehead atoms. The number of fused-ring (bicyclic) bond motifs is 1. The number of phenols is 1. The normalized spacial score (nSPS) is 10.9. The average molecular weight is 229 g/mol. The monoisotopic (exact) mass is 229 g/mol. The molecule has 0 amide bonds. The number of nitrogens with zero attached hydrogens (tertiary/aromatic N) is 1. The van der Waals surface area contributed by atoms with Crippen LogP contribution in [0.15, 0.2) is 47.0 Å². The molecule has 0 unspecified atom stereocenters. The number of phenolic OH excluding ortho intramolecular Hbond substituents is 1. The van der Waals surface area contributed by atoms with E-state index in [4.69, 9.17) is 4.52 Å². The molecule has 3 rings (SSSR count). The van der Waals surface area contributed by atoms with Crippen molar-refractivity contribution in [2.75, 3.05) is 0 Å². The lowest BCUT2D eigenvalue weighted by Gasteiger charge is -1.97. The molecule has 0 saturated carbocycles. The second-order valence-corrected chi connectivity index (χ2v) is 3.72. The second-order valence-electron chi connectivity index (χ2n) is 3.72. The van der Waals surface area contributed by atoms with Gasteiger partial charge in [0.2, 0.25) is 0 Å². The summed E-state index contributed by atoms with van der Waals surface area (Å²) in [5, 5.41) is 14.0. The first-order valence-electron chi connectivity index (χ1n) is 5.08. The van der Waals surface area contributed by atoms with Crippen molar-refractivity contribution in [3.63, 3.8) is 0 Å². The maximum Gasteiger partial charge on any atom is 0.170 e. The van der Waals surface area contributed by atoms with Crippen LogP contribution in [0.25, 0.3) is 22.2 Å². The first kappa shape index (κ1) is 9.84. The summed E-state index contributed by atoms with van der Waals surface area (Å²) >= 11 is 0. The number of aromatic hydroxyl groups is 1. The predicted molar refractivity (Wildman–Crippen MR) is 61.1 cm³/mol. The van der Waals surface area contributed by atoms with Crippen molar-refractivity contribution in [1.29, 1.82) is 0 Å². The first-order valence-corrected chi connectivity index (χ1v) is 5.08. The van der Waals surface area contributed by atoms with Gasteiger partial charge in [-0.3, -0.25) is 0 Å². The zero-order valence-electron chi connectivity index (χ0n) is 8.72. The molecule has 1 heterocycles. The Morgan fingerprint density at radius 2 is 2.00 bits per heavy atom. The van der Waals surface area contributed by atoms with E-state index in [-0.39, 0.29) is 11.6 Å². The van der Waals surface area contributed by atoms with Crippen molar-refractivity contribution < 1.29 is 14.0 Å². The van der Waals surface area contributed by atoms with Crippen LogP contribution in [0, 0.1) is 5.82 Å². The van der Waals surface area contributed by atoms with Crippen molar-refractivity contribution >= 4 is 11.0 Å². The quantitative estimate of drug-likeness (QED) is 0.696. The zero-order chi connectivity index (χ0) is 11.8. The highest BCUT2D eigenvalue weighted by Gasteiger charge is 2.11. The maximum atomic E-state index is 13.0. The van der Waals surface area contributed by atoms with Crippen molar-refractivity contribution in [3.8, 4) is 17.0 Å². The van der Waals surface area contributed by atoms with E-state index >= 15 is 0 Å². The summed E-state index contributed by atoms with van der Waals surface area (Å²) in [6.07, 6.45) is 0. The van der Waals surface area contributed by atoms with Gasteiger partial charge in [0.1, 0.15) is 17.3 Å². The van der Waals surface area contributed by atoms with Crippen molar-refractivity contribution in [2.24, 2.45) is 0 Å². The summed E-state index contributed by atoms with van der Waals surface area (Å²) in [6.45, 7) is 0. The van der Waals surface area contributed by atoms with Crippen LogP contribution in [0.4, 0.5) is 4.39 Å². The number of hydrogen-bond donors (Lipinski definition) is 1. The fraction of sp³-hybridized carbons (Fsp3) is 0. The van der Waals surface area contributed by atoms with E-state index < -0.39 is 0 Å². The molecular formula is C13H8FNO2. The number of halogens is 1. The van der Waals surface area contributed by atoms with Crippen molar-refractivity contribution in [1.82, 2.24) is 5.16 Å². The minimum absolute atomic E-state index is 0.153. The molecular weight excluding hydrogens is 221 g/mol. The topological polar surface area (TPSA) is 46.3 Å². The molecule has 4 heteroatoms. The van der Waals surface area contributed by atoms with Gasteiger partial charge in [0.15, 0.2) is 5.58 Å². The van der Waals surface area contributed by atoms with Gasteiger partial charge in [0.25, 0.3) is 0 Å². The SMILES string of the molecule is Oc1cccc(-c2noc3cc(F)ccc23)c1. The minimum Gasteiger partial charge on any atom is -0.508 e. The summed E-state index contributed by atoms with van der Waals surface area (Å²) in [5.74, 6) is -0.211. The van der Waals surface area contributed by atoms with Crippen molar-refractivity contribution in [3.05, 3.63) is 48.3 Å². The Balaban J connectivity index is 2.24. The average Bonchev–Trinajstić information content (AvgIpc) is 2.71. The van der Waals surface area contributed by atoms with E-state index in [1.165, 1.54) is 12.1 Å². The highest BCUT2D eigenvalue weighted by molar-refractivity contribution is 5.91. The standard InChI is InChI=1S/C13H8FNO2/c14-9-4-5-11-12(7-9)17-15-13(11)8-2-1-3-10(16)6-8/h1-7,16H. The lowest BCUT2D eigenvalue weighted by molar-refractivity contribution is 0.457. The van der Waals surface area contributed by atoms with Gasteiger partial charge in [-0.1, -0.05) is 17.3 Å². The Labute approximate surface area is 96.1 Å². The Morgan fingerprint density at radius 1 is 1.12 bits per heavy atom. The molecule has 17 heavy (non-hydrogen) atoms. The van der Waals surface area contributed by atoms with Gasteiger partial charge in [-0.2, -0.15) is 0 Å². The molecule has 0 atom stereocenters. The molecule has 0 saturated heterocycles. The van der Waals surface area contributed by atoms with Crippen molar-refractivity contribution in [2.45, 2.75) is 0 Å². The molecule has 0 aliphatic heterocycles. The van der Waals surface area contributed by atoms with Crippen LogP contribution in [0.1, 0.15) is 0 Å². The van der Waals surface area contributed by atoms with Crippen LogP contribution >= 0.6 is 0 Å². The molecule has 0 radical (unpaired) electrons. The largest absolute Gasteiger partial charge is 0.508 e. The van der Waals surface area contributed by atoms with Crippen LogP contribution in [0.5, 0.6) is 5.75 Å². The molecule has 2 aromatic carbocycles. The Hall–Kier alpha value is -2.36. The van der Waals surface area contributed by atoms with E-state index in [1.807, 2.05) is 0 Å². The van der Waals surface area contributed by atoms with Gasteiger partial charge in [-0.15, -0.1) is 0 Å². The fourth-order valence-corrected chi connectivity index (χ4v) is 1.77. The molecule has 3 aromatic rings. The third-order valence-electron chi connectivity index (χ3n) is 2.55. The number of rotatable bonds is 1. The maximum absolute atomic E-state index is 13.0. The highest BCUT2D eigenvalue weighted by atomic mass is 19.1. The first-order chi connectivity index (χ1) is 8.24. The van der Waals surface area contributed by atoms with Crippen LogP contribution in [-0.2, 0) is 0 Å². The molecule has 1 N–H and O–H groups in total. The van der Waals surface area contributed by atoms with E-state index in [1.54, 1.807) is 30.3 Å². The Kier molecular flexibility index (Phi) is 2.08. The van der Waals surface area contributed by atoms with Crippen LogP contribution < -0.4 is 0 Å². The third kappa shape index (κ3) is 1.63. The van der Waals surface area contributed by atoms with Gasteiger partial charge in [-0.05, 0) is 24.3 Å². The smallest absolute Gasteiger partial charge is 0.170 e. The molecule has 84 valence electrons. The molecule has 0 aliphatic carbocycles. The lowest BCUT2D eigenvalue weighted by Crippen LogP contribution is -1.78. The summed E-state index contributed by atoms with van der Waals surface area (Å²) in [5.41, 5.74) is 1.72. The number of aromatic nitrogens is 1. The van der Waals surface area contributed by atoms with E-state index in [0.29, 0.717) is 11.3 Å². The zero-order valence-corrected chi connectivity index (χ0v) is 8.72. The van der Waals surface area contributed by atoms with E-state index in [9.17, 15) is 9.50 Å². The van der Waals surface area contributed by atoms with Gasteiger partial charge in [-0.25, -0.2) is 4.39 Å². The minimum atomic E-state index is -0.365. The van der Waals surface area contributed by atoms with Crippen LogP contribution in [0.2, 0.25) is 0 Å². The van der Waals surface area contributed by atoms with Crippen LogP contribution in [0.3, 0.4) is 0 Å². The summed E-state index contributed by atoms with van der Waals surface area (Å²) in [4.78, 5) is 0. The fourth-order valence-electron chi connectivity index (χ4n) is 1.77. The number of benzene rings is 2. The van der Waals surface area contributed by atoms with Gasteiger partial charge in [0, 0.05) is 17.0 Å². The molecule has 0 spiro atoms. The van der Waals surface area contributed by atoms with Gasteiger partial charge < -0.3 is 9.63 Å². The Bertz CT molecular complexity index is 691. The van der Waals surface area contributed by atoms with Gasteiger partial charge in [0.05, 0.1) is 0 Å². The predicted octanol–water partition coefficient (Wildman–Crippen LogP) is 3.34. The third-order valence-corrected chi connectivity index (χ3v) is 2.55. The second kappa shape index (κ2) is 3.59. The van der Waals surface area contributed by atoms with Crippen LogP contribution in [-0.4, -0.2) is 10.3 Å². The highest BCUT2D eigenvalue weighted by Crippen LogP contribution is 2.29. The summed E-state index contributed by atoms with van der Waals surface area (Å²) < 4.78 is 18.0. The summed E-state index contributed by atoms with van der Waals surface area (Å²) in [6, 6.07) is 10.9.